The van der Waals surface area contributed by atoms with Crippen LogP contribution >= 0.6 is 0 Å². The summed E-state index contributed by atoms with van der Waals surface area (Å²) in [5, 5.41) is 3.41. The maximum absolute atomic E-state index is 4.45. The number of nitrogens with one attached hydrogen (secondary N) is 1. The van der Waals surface area contributed by atoms with Gasteiger partial charge < -0.3 is 10.2 Å². The fraction of sp³-hybridized carbons (Fsp3) is 0.353. The minimum Gasteiger partial charge on any atom is -0.341 e. The average Bonchev–Trinajstić information content (AvgIpc) is 2.90. The van der Waals surface area contributed by atoms with Crippen LogP contribution in [0.5, 0.6) is 0 Å². The Balaban J connectivity index is 1.99. The topological polar surface area (TPSA) is 28.2 Å². The minimum absolute atomic E-state index is 0.873. The van der Waals surface area contributed by atoms with Gasteiger partial charge in [-0.2, -0.15) is 0 Å². The summed E-state index contributed by atoms with van der Waals surface area (Å²) < 4.78 is 0. The standard InChI is InChI=1S/C17H21N3/c1-3-18-11-15-12-19-13(2)10-17(15)20-9-8-14-6-4-5-7-16(14)20/h4-7,10,12,18H,3,8-9,11H2,1-2H3. The Kier molecular flexibility index (Phi) is 3.70. The number of anilines is 2. The van der Waals surface area contributed by atoms with E-state index in [1.54, 1.807) is 0 Å². The molecular weight excluding hydrogens is 246 g/mol. The van der Waals surface area contributed by atoms with Gasteiger partial charge in [0.15, 0.2) is 0 Å². The molecule has 0 amide bonds. The number of para-hydroxylation sites is 1. The van der Waals surface area contributed by atoms with E-state index in [0.717, 1.165) is 31.7 Å². The number of hydrogen-bond donors (Lipinski definition) is 1. The van der Waals surface area contributed by atoms with Crippen LogP contribution in [0.1, 0.15) is 23.7 Å². The zero-order valence-corrected chi connectivity index (χ0v) is 12.2. The predicted octanol–water partition coefficient (Wildman–Crippen LogP) is 3.19. The molecule has 0 saturated heterocycles. The maximum Gasteiger partial charge on any atom is 0.0490 e. The van der Waals surface area contributed by atoms with Crippen LogP contribution in [0.3, 0.4) is 0 Å². The van der Waals surface area contributed by atoms with Crippen LogP contribution in [0.15, 0.2) is 36.5 Å². The number of benzene rings is 1. The molecule has 1 aliphatic heterocycles. The van der Waals surface area contributed by atoms with Gasteiger partial charge in [0, 0.05) is 41.9 Å². The van der Waals surface area contributed by atoms with Crippen molar-refractivity contribution in [2.45, 2.75) is 26.8 Å². The van der Waals surface area contributed by atoms with E-state index < -0.39 is 0 Å². The predicted molar refractivity (Wildman–Crippen MR) is 83.5 cm³/mol. The van der Waals surface area contributed by atoms with Gasteiger partial charge in [0.25, 0.3) is 0 Å². The van der Waals surface area contributed by atoms with Crippen molar-refractivity contribution in [3.8, 4) is 0 Å². The summed E-state index contributed by atoms with van der Waals surface area (Å²) >= 11 is 0. The second kappa shape index (κ2) is 5.63. The summed E-state index contributed by atoms with van der Waals surface area (Å²) in [6.07, 6.45) is 3.13. The lowest BCUT2D eigenvalue weighted by molar-refractivity contribution is 0.722. The molecule has 1 aliphatic rings. The first kappa shape index (κ1) is 13.1. The van der Waals surface area contributed by atoms with Crippen LogP contribution in [-0.4, -0.2) is 18.1 Å². The monoisotopic (exact) mass is 267 g/mol. The number of aryl methyl sites for hydroxylation is 1. The van der Waals surface area contributed by atoms with E-state index in [0.29, 0.717) is 0 Å². The molecule has 0 radical (unpaired) electrons. The van der Waals surface area contributed by atoms with Crippen LogP contribution in [-0.2, 0) is 13.0 Å². The molecule has 0 fully saturated rings. The molecule has 104 valence electrons. The van der Waals surface area contributed by atoms with Crippen LogP contribution in [0.2, 0.25) is 0 Å². The second-order valence-corrected chi connectivity index (χ2v) is 5.27. The molecule has 2 heterocycles. The highest BCUT2D eigenvalue weighted by Gasteiger charge is 2.22. The highest BCUT2D eigenvalue weighted by Crippen LogP contribution is 2.36. The van der Waals surface area contributed by atoms with Crippen LogP contribution in [0.4, 0.5) is 11.4 Å². The summed E-state index contributed by atoms with van der Waals surface area (Å²) in [4.78, 5) is 6.88. The highest BCUT2D eigenvalue weighted by atomic mass is 15.2. The molecule has 1 aromatic heterocycles. The Morgan fingerprint density at radius 2 is 2.10 bits per heavy atom. The number of hydrogen-bond acceptors (Lipinski definition) is 3. The average molecular weight is 267 g/mol. The normalized spacial score (nSPS) is 13.6. The summed E-state index contributed by atoms with van der Waals surface area (Å²) in [7, 11) is 0. The third-order valence-electron chi connectivity index (χ3n) is 3.84. The number of fused-ring (bicyclic) bond motifs is 1. The number of aromatic nitrogens is 1. The highest BCUT2D eigenvalue weighted by molar-refractivity contribution is 5.72. The molecular formula is C17H21N3. The van der Waals surface area contributed by atoms with Crippen molar-refractivity contribution in [2.75, 3.05) is 18.0 Å². The lowest BCUT2D eigenvalue weighted by Gasteiger charge is -2.23. The Hall–Kier alpha value is -1.87. The van der Waals surface area contributed by atoms with Gasteiger partial charge in [0.1, 0.15) is 0 Å². The molecule has 0 bridgehead atoms. The minimum atomic E-state index is 0.873. The molecule has 2 aromatic rings. The number of nitrogens with zero attached hydrogens (tertiary/aromatic N) is 2. The third-order valence-corrected chi connectivity index (χ3v) is 3.84. The quantitative estimate of drug-likeness (QED) is 0.922. The second-order valence-electron chi connectivity index (χ2n) is 5.27. The zero-order chi connectivity index (χ0) is 13.9. The van der Waals surface area contributed by atoms with Gasteiger partial charge in [0.05, 0.1) is 0 Å². The molecule has 1 N–H and O–H groups in total. The van der Waals surface area contributed by atoms with E-state index in [-0.39, 0.29) is 0 Å². The van der Waals surface area contributed by atoms with Crippen molar-refractivity contribution in [3.05, 3.63) is 53.3 Å². The number of pyridine rings is 1. The van der Waals surface area contributed by atoms with E-state index in [2.05, 4.69) is 59.4 Å². The fourth-order valence-corrected chi connectivity index (χ4v) is 2.81. The van der Waals surface area contributed by atoms with Crippen molar-refractivity contribution >= 4 is 11.4 Å². The van der Waals surface area contributed by atoms with Crippen molar-refractivity contribution in [1.29, 1.82) is 0 Å². The summed E-state index contributed by atoms with van der Waals surface area (Å²) in [5.74, 6) is 0. The van der Waals surface area contributed by atoms with Gasteiger partial charge in [-0.05, 0) is 37.6 Å². The number of rotatable bonds is 4. The van der Waals surface area contributed by atoms with Gasteiger partial charge in [-0.15, -0.1) is 0 Å². The summed E-state index contributed by atoms with van der Waals surface area (Å²) in [6, 6.07) is 10.9. The van der Waals surface area contributed by atoms with Crippen LogP contribution < -0.4 is 10.2 Å². The van der Waals surface area contributed by atoms with E-state index in [1.807, 2.05) is 6.20 Å². The van der Waals surface area contributed by atoms with E-state index in [1.165, 1.54) is 22.5 Å². The Morgan fingerprint density at radius 1 is 1.25 bits per heavy atom. The SMILES string of the molecule is CCNCc1cnc(C)cc1N1CCc2ccccc21. The van der Waals surface area contributed by atoms with E-state index >= 15 is 0 Å². The zero-order valence-electron chi connectivity index (χ0n) is 12.2. The molecule has 20 heavy (non-hydrogen) atoms. The van der Waals surface area contributed by atoms with Crippen molar-refractivity contribution in [1.82, 2.24) is 10.3 Å². The van der Waals surface area contributed by atoms with E-state index in [4.69, 9.17) is 0 Å². The Morgan fingerprint density at radius 3 is 2.95 bits per heavy atom. The Labute approximate surface area is 120 Å². The summed E-state index contributed by atoms with van der Waals surface area (Å²) in [5.41, 5.74) is 6.43. The first-order valence-electron chi connectivity index (χ1n) is 7.31. The van der Waals surface area contributed by atoms with Crippen molar-refractivity contribution < 1.29 is 0 Å². The summed E-state index contributed by atoms with van der Waals surface area (Å²) in [6.45, 7) is 7.10. The van der Waals surface area contributed by atoms with Crippen LogP contribution in [0.25, 0.3) is 0 Å². The molecule has 0 spiro atoms. The van der Waals surface area contributed by atoms with Gasteiger partial charge >= 0.3 is 0 Å². The smallest absolute Gasteiger partial charge is 0.0490 e. The molecule has 3 rings (SSSR count). The van der Waals surface area contributed by atoms with Gasteiger partial charge in [-0.25, -0.2) is 0 Å². The van der Waals surface area contributed by atoms with Crippen molar-refractivity contribution in [3.63, 3.8) is 0 Å². The van der Waals surface area contributed by atoms with E-state index in [9.17, 15) is 0 Å². The first-order valence-corrected chi connectivity index (χ1v) is 7.31. The van der Waals surface area contributed by atoms with Gasteiger partial charge in [0.2, 0.25) is 0 Å². The molecule has 0 atom stereocenters. The van der Waals surface area contributed by atoms with Crippen molar-refractivity contribution in [2.24, 2.45) is 0 Å². The lowest BCUT2D eigenvalue weighted by atomic mass is 10.1. The van der Waals surface area contributed by atoms with Crippen LogP contribution in [0, 0.1) is 6.92 Å². The first-order chi connectivity index (χ1) is 9.79. The van der Waals surface area contributed by atoms with Gasteiger partial charge in [-0.1, -0.05) is 25.1 Å². The lowest BCUT2D eigenvalue weighted by Crippen LogP contribution is -2.19. The fourth-order valence-electron chi connectivity index (χ4n) is 2.81. The molecule has 3 nitrogen and oxygen atoms in total. The molecule has 0 aliphatic carbocycles. The largest absolute Gasteiger partial charge is 0.341 e. The molecule has 0 saturated carbocycles. The molecule has 1 aromatic carbocycles. The molecule has 3 heteroatoms. The maximum atomic E-state index is 4.45. The molecule has 0 unspecified atom stereocenters. The Bertz CT molecular complexity index is 607. The van der Waals surface area contributed by atoms with Gasteiger partial charge in [-0.3, -0.25) is 4.98 Å². The third kappa shape index (κ3) is 2.41.